The van der Waals surface area contributed by atoms with Crippen molar-refractivity contribution in [2.24, 2.45) is 0 Å². The Morgan fingerprint density at radius 1 is 1.15 bits per heavy atom. The summed E-state index contributed by atoms with van der Waals surface area (Å²) in [6.07, 6.45) is 4.41. The Hall–Kier alpha value is -0.980. The van der Waals surface area contributed by atoms with E-state index in [9.17, 15) is 0 Å². The van der Waals surface area contributed by atoms with Crippen LogP contribution in [0.3, 0.4) is 0 Å². The van der Waals surface area contributed by atoms with Gasteiger partial charge in [-0.15, -0.1) is 0 Å². The maximum Gasteiger partial charge on any atom is 0.229 e. The molecule has 1 aliphatic heterocycles. The van der Waals surface area contributed by atoms with E-state index in [-0.39, 0.29) is 6.29 Å². The van der Waals surface area contributed by atoms with Gasteiger partial charge in [-0.1, -0.05) is 5.16 Å². The van der Waals surface area contributed by atoms with Crippen LogP contribution in [0.2, 0.25) is 0 Å². The quantitative estimate of drug-likeness (QED) is 0.740. The Balaban J connectivity index is 1.49. The molecule has 0 bridgehead atoms. The van der Waals surface area contributed by atoms with Gasteiger partial charge in [0.25, 0.3) is 0 Å². The molecule has 2 heterocycles. The molecule has 0 N–H and O–H groups in total. The number of likely N-dealkylation sites (tertiary alicyclic amines) is 1. The second-order valence-corrected chi connectivity index (χ2v) is 5.74. The molecule has 0 aromatic carbocycles. The van der Waals surface area contributed by atoms with Gasteiger partial charge in [0.15, 0.2) is 12.1 Å². The first kappa shape index (κ1) is 14.0. The number of nitrogens with zero attached hydrogens (tertiary/aromatic N) is 3. The van der Waals surface area contributed by atoms with E-state index < -0.39 is 0 Å². The lowest BCUT2D eigenvalue weighted by molar-refractivity contribution is -0.118. The predicted molar refractivity (Wildman–Crippen MR) is 72.5 cm³/mol. The molecule has 0 amide bonds. The van der Waals surface area contributed by atoms with Crippen LogP contribution in [0, 0.1) is 0 Å². The number of rotatable bonds is 6. The van der Waals surface area contributed by atoms with Crippen molar-refractivity contribution in [3.63, 3.8) is 0 Å². The monoisotopic (exact) mass is 281 g/mol. The van der Waals surface area contributed by atoms with Crippen molar-refractivity contribution in [1.29, 1.82) is 0 Å². The minimum absolute atomic E-state index is 0.141. The Kier molecular flexibility index (Phi) is 4.33. The summed E-state index contributed by atoms with van der Waals surface area (Å²) in [4.78, 5) is 6.94. The maximum atomic E-state index is 5.35. The highest BCUT2D eigenvalue weighted by molar-refractivity contribution is 5.05. The topological polar surface area (TPSA) is 60.6 Å². The predicted octanol–water partition coefficient (Wildman–Crippen LogP) is 1.75. The van der Waals surface area contributed by atoms with Crippen LogP contribution in [0.5, 0.6) is 0 Å². The first-order chi connectivity index (χ1) is 9.80. The first-order valence-corrected chi connectivity index (χ1v) is 7.41. The van der Waals surface area contributed by atoms with Gasteiger partial charge in [0, 0.05) is 32.6 Å². The van der Waals surface area contributed by atoms with Gasteiger partial charge in [-0.2, -0.15) is 4.98 Å². The van der Waals surface area contributed by atoms with Crippen LogP contribution in [0.15, 0.2) is 4.52 Å². The standard InChI is InChI=1S/C14H23N3O3/c1-18-12(19-2)9-17-7-5-10(6-8-17)13-15-14(20-16-13)11-3-4-11/h10-12H,3-9H2,1-2H3. The van der Waals surface area contributed by atoms with Crippen molar-refractivity contribution in [2.45, 2.75) is 43.8 Å². The molecule has 6 nitrogen and oxygen atoms in total. The average Bonchev–Trinajstić information content (AvgIpc) is 3.23. The van der Waals surface area contributed by atoms with Gasteiger partial charge < -0.3 is 14.0 Å². The van der Waals surface area contributed by atoms with Gasteiger partial charge in [-0.25, -0.2) is 0 Å². The average molecular weight is 281 g/mol. The summed E-state index contributed by atoms with van der Waals surface area (Å²) in [6.45, 7) is 2.88. The van der Waals surface area contributed by atoms with Crippen molar-refractivity contribution in [3.8, 4) is 0 Å². The highest BCUT2D eigenvalue weighted by Gasteiger charge is 2.32. The third-order valence-corrected chi connectivity index (χ3v) is 4.27. The summed E-state index contributed by atoms with van der Waals surface area (Å²) in [7, 11) is 3.36. The highest BCUT2D eigenvalue weighted by Crippen LogP contribution is 2.39. The summed E-state index contributed by atoms with van der Waals surface area (Å²) in [6, 6.07) is 0. The molecule has 1 aliphatic carbocycles. The Labute approximate surface area is 119 Å². The van der Waals surface area contributed by atoms with Crippen molar-refractivity contribution < 1.29 is 14.0 Å². The molecule has 1 aromatic heterocycles. The van der Waals surface area contributed by atoms with Crippen LogP contribution in [0.4, 0.5) is 0 Å². The number of aromatic nitrogens is 2. The fourth-order valence-corrected chi connectivity index (χ4v) is 2.74. The minimum atomic E-state index is -0.141. The number of methoxy groups -OCH3 is 2. The minimum Gasteiger partial charge on any atom is -0.355 e. The van der Waals surface area contributed by atoms with Gasteiger partial charge >= 0.3 is 0 Å². The number of ether oxygens (including phenoxy) is 2. The fourth-order valence-electron chi connectivity index (χ4n) is 2.74. The molecule has 3 rings (SSSR count). The second kappa shape index (κ2) is 6.20. The van der Waals surface area contributed by atoms with Crippen LogP contribution < -0.4 is 0 Å². The van der Waals surface area contributed by atoms with E-state index in [1.165, 1.54) is 12.8 Å². The van der Waals surface area contributed by atoms with Gasteiger partial charge in [-0.3, -0.25) is 4.90 Å². The van der Waals surface area contributed by atoms with E-state index in [1.54, 1.807) is 14.2 Å². The van der Waals surface area contributed by atoms with E-state index >= 15 is 0 Å². The fraction of sp³-hybridized carbons (Fsp3) is 0.857. The van der Waals surface area contributed by atoms with E-state index in [1.807, 2.05) is 0 Å². The zero-order chi connectivity index (χ0) is 13.9. The molecule has 1 saturated heterocycles. The summed E-state index contributed by atoms with van der Waals surface area (Å²) >= 11 is 0. The molecule has 0 atom stereocenters. The molecule has 2 fully saturated rings. The van der Waals surface area contributed by atoms with E-state index in [4.69, 9.17) is 14.0 Å². The van der Waals surface area contributed by atoms with Crippen LogP contribution in [0.25, 0.3) is 0 Å². The lowest BCUT2D eigenvalue weighted by Gasteiger charge is -2.32. The van der Waals surface area contributed by atoms with Gasteiger partial charge in [0.2, 0.25) is 5.89 Å². The van der Waals surface area contributed by atoms with Crippen molar-refractivity contribution in [2.75, 3.05) is 33.9 Å². The van der Waals surface area contributed by atoms with Crippen molar-refractivity contribution >= 4 is 0 Å². The molecule has 20 heavy (non-hydrogen) atoms. The highest BCUT2D eigenvalue weighted by atomic mass is 16.7. The van der Waals surface area contributed by atoms with Gasteiger partial charge in [0.05, 0.1) is 0 Å². The zero-order valence-electron chi connectivity index (χ0n) is 12.2. The Morgan fingerprint density at radius 2 is 1.85 bits per heavy atom. The number of piperidine rings is 1. The van der Waals surface area contributed by atoms with Crippen molar-refractivity contribution in [3.05, 3.63) is 11.7 Å². The molecule has 0 radical (unpaired) electrons. The third kappa shape index (κ3) is 3.19. The molecule has 6 heteroatoms. The molecule has 1 aromatic rings. The summed E-state index contributed by atoms with van der Waals surface area (Å²) in [5.41, 5.74) is 0. The van der Waals surface area contributed by atoms with E-state index in [0.29, 0.717) is 11.8 Å². The normalized spacial score (nSPS) is 21.8. The Morgan fingerprint density at radius 3 is 2.45 bits per heavy atom. The van der Waals surface area contributed by atoms with Crippen LogP contribution in [-0.4, -0.2) is 55.2 Å². The lowest BCUT2D eigenvalue weighted by Crippen LogP contribution is -2.39. The summed E-state index contributed by atoms with van der Waals surface area (Å²) < 4.78 is 15.8. The van der Waals surface area contributed by atoms with Gasteiger partial charge in [-0.05, 0) is 38.8 Å². The largest absolute Gasteiger partial charge is 0.355 e. The molecular formula is C14H23N3O3. The molecular weight excluding hydrogens is 258 g/mol. The molecule has 1 saturated carbocycles. The molecule has 0 spiro atoms. The summed E-state index contributed by atoms with van der Waals surface area (Å²) in [5.74, 6) is 2.73. The van der Waals surface area contributed by atoms with Crippen LogP contribution in [-0.2, 0) is 9.47 Å². The van der Waals surface area contributed by atoms with Crippen molar-refractivity contribution in [1.82, 2.24) is 15.0 Å². The molecule has 0 unspecified atom stereocenters. The number of hydrogen-bond donors (Lipinski definition) is 0. The zero-order valence-corrected chi connectivity index (χ0v) is 12.2. The number of hydrogen-bond acceptors (Lipinski definition) is 6. The van der Waals surface area contributed by atoms with E-state index in [0.717, 1.165) is 44.2 Å². The van der Waals surface area contributed by atoms with Crippen LogP contribution >= 0.6 is 0 Å². The first-order valence-electron chi connectivity index (χ1n) is 7.41. The van der Waals surface area contributed by atoms with E-state index in [2.05, 4.69) is 15.0 Å². The molecule has 2 aliphatic rings. The second-order valence-electron chi connectivity index (χ2n) is 5.74. The smallest absolute Gasteiger partial charge is 0.229 e. The SMILES string of the molecule is COC(CN1CCC(c2noc(C3CC3)n2)CC1)OC. The van der Waals surface area contributed by atoms with Gasteiger partial charge in [0.1, 0.15) is 0 Å². The molecule has 112 valence electrons. The van der Waals surface area contributed by atoms with Crippen LogP contribution in [0.1, 0.15) is 49.2 Å². The summed E-state index contributed by atoms with van der Waals surface area (Å²) in [5, 5.41) is 4.17. The maximum absolute atomic E-state index is 5.35. The Bertz CT molecular complexity index is 421. The lowest BCUT2D eigenvalue weighted by atomic mass is 9.96. The third-order valence-electron chi connectivity index (χ3n) is 4.27.